The molecule has 1 aromatic carbocycles. The lowest BCUT2D eigenvalue weighted by molar-refractivity contribution is -0.113. The lowest BCUT2D eigenvalue weighted by Gasteiger charge is -2.10. The highest BCUT2D eigenvalue weighted by atomic mass is 35.5. The van der Waals surface area contributed by atoms with E-state index >= 15 is 0 Å². The Balaban J connectivity index is 2.37. The summed E-state index contributed by atoms with van der Waals surface area (Å²) in [5.74, 6) is 1.11. The van der Waals surface area contributed by atoms with Gasteiger partial charge in [0.15, 0.2) is 0 Å². The fraction of sp³-hybridized carbons (Fsp3) is 0.357. The number of benzene rings is 1. The second-order valence-corrected chi connectivity index (χ2v) is 4.62. The van der Waals surface area contributed by atoms with E-state index in [2.05, 4.69) is 0 Å². The third-order valence-electron chi connectivity index (χ3n) is 3.01. The van der Waals surface area contributed by atoms with E-state index in [0.717, 1.165) is 30.6 Å². The van der Waals surface area contributed by atoms with E-state index in [0.29, 0.717) is 12.5 Å². The Bertz CT molecular complexity index is 483. The van der Waals surface area contributed by atoms with Crippen LogP contribution in [0.1, 0.15) is 23.1 Å². The van der Waals surface area contributed by atoms with Crippen LogP contribution in [0.15, 0.2) is 18.2 Å². The summed E-state index contributed by atoms with van der Waals surface area (Å²) in [6.07, 6.45) is 5.88. The molecule has 18 heavy (non-hydrogen) atoms. The lowest BCUT2D eigenvalue weighted by Crippen LogP contribution is -2.05. The Kier molecular flexibility index (Phi) is 4.26. The molecular formula is C14H16ClNO2. The number of nitrogens with two attached hydrogens (primary N) is 1. The zero-order valence-corrected chi connectivity index (χ0v) is 10.9. The minimum atomic E-state index is -0.435. The summed E-state index contributed by atoms with van der Waals surface area (Å²) in [6.45, 7) is 0.700. The van der Waals surface area contributed by atoms with Gasteiger partial charge >= 0.3 is 0 Å². The molecule has 1 aromatic rings. The average Bonchev–Trinajstić information content (AvgIpc) is 2.82. The van der Waals surface area contributed by atoms with Crippen LogP contribution >= 0.6 is 11.6 Å². The van der Waals surface area contributed by atoms with Gasteiger partial charge in [-0.3, -0.25) is 4.79 Å². The number of hydrogen-bond donors (Lipinski definition) is 1. The van der Waals surface area contributed by atoms with Gasteiger partial charge in [0.2, 0.25) is 5.91 Å². The quantitative estimate of drug-likeness (QED) is 0.656. The van der Waals surface area contributed by atoms with Crippen molar-refractivity contribution in [3.05, 3.63) is 34.9 Å². The molecule has 2 N–H and O–H groups in total. The van der Waals surface area contributed by atoms with Gasteiger partial charge < -0.3 is 10.5 Å². The van der Waals surface area contributed by atoms with Crippen LogP contribution in [-0.4, -0.2) is 18.4 Å². The summed E-state index contributed by atoms with van der Waals surface area (Å²) in [4.78, 5) is 10.9. The number of ether oxygens (including phenoxy) is 1. The smallest absolute Gasteiger partial charge is 0.241 e. The zero-order chi connectivity index (χ0) is 13.0. The highest BCUT2D eigenvalue weighted by Crippen LogP contribution is 2.32. The molecule has 0 aromatic heterocycles. The first-order valence-corrected chi connectivity index (χ1v) is 6.57. The average molecular weight is 266 g/mol. The van der Waals surface area contributed by atoms with Crippen molar-refractivity contribution in [1.82, 2.24) is 0 Å². The summed E-state index contributed by atoms with van der Waals surface area (Å²) in [6, 6.07) is 4.03. The number of hydrogen-bond acceptors (Lipinski definition) is 2. The van der Waals surface area contributed by atoms with Crippen molar-refractivity contribution in [1.29, 1.82) is 0 Å². The van der Waals surface area contributed by atoms with Crippen LogP contribution in [-0.2, 0) is 17.6 Å². The highest BCUT2D eigenvalue weighted by Gasteiger charge is 2.17. The van der Waals surface area contributed by atoms with Crippen LogP contribution in [0.4, 0.5) is 0 Å². The third kappa shape index (κ3) is 2.85. The van der Waals surface area contributed by atoms with Gasteiger partial charge in [-0.15, -0.1) is 11.6 Å². The second kappa shape index (κ2) is 5.91. The molecule has 0 spiro atoms. The first kappa shape index (κ1) is 13.0. The predicted octanol–water partition coefficient (Wildman–Crippen LogP) is 2.29. The molecule has 0 saturated carbocycles. The zero-order valence-electron chi connectivity index (χ0n) is 10.1. The molecule has 0 unspecified atom stereocenters. The van der Waals surface area contributed by atoms with Crippen LogP contribution < -0.4 is 10.5 Å². The van der Waals surface area contributed by atoms with Crippen molar-refractivity contribution in [3.8, 4) is 5.75 Å². The van der Waals surface area contributed by atoms with Crippen LogP contribution in [0.5, 0.6) is 5.75 Å². The largest absolute Gasteiger partial charge is 0.493 e. The van der Waals surface area contributed by atoms with Crippen molar-refractivity contribution < 1.29 is 9.53 Å². The summed E-state index contributed by atoms with van der Waals surface area (Å²) < 4.78 is 5.53. The number of rotatable bonds is 5. The number of alkyl halides is 1. The maximum atomic E-state index is 10.9. The van der Waals surface area contributed by atoms with E-state index in [9.17, 15) is 4.79 Å². The van der Waals surface area contributed by atoms with Crippen LogP contribution in [0.25, 0.3) is 6.08 Å². The van der Waals surface area contributed by atoms with Gasteiger partial charge in [-0.05, 0) is 36.1 Å². The molecule has 1 aliphatic heterocycles. The normalized spacial score (nSPS) is 13.6. The van der Waals surface area contributed by atoms with Gasteiger partial charge in [0.1, 0.15) is 5.75 Å². The standard InChI is InChI=1S/C14H16ClNO2/c15-8-1-2-10-3-5-13-12(7-9-18-13)11(10)4-6-14(16)17/h3-6H,1-2,7-9H2,(H2,16,17)/b6-4+. The van der Waals surface area contributed by atoms with E-state index in [-0.39, 0.29) is 0 Å². The molecule has 1 heterocycles. The van der Waals surface area contributed by atoms with Crippen molar-refractivity contribution in [3.63, 3.8) is 0 Å². The van der Waals surface area contributed by atoms with Crippen molar-refractivity contribution >= 4 is 23.6 Å². The number of carbonyl (C=O) groups is 1. The molecule has 0 radical (unpaired) electrons. The Morgan fingerprint density at radius 3 is 3.06 bits per heavy atom. The van der Waals surface area contributed by atoms with Crippen molar-refractivity contribution in [2.45, 2.75) is 19.3 Å². The summed E-state index contributed by atoms with van der Waals surface area (Å²) in [5, 5.41) is 0. The van der Waals surface area contributed by atoms with Gasteiger partial charge in [0, 0.05) is 23.9 Å². The fourth-order valence-corrected chi connectivity index (χ4v) is 2.33. The molecule has 0 saturated heterocycles. The molecule has 0 bridgehead atoms. The Labute approximate surface area is 112 Å². The van der Waals surface area contributed by atoms with Crippen LogP contribution in [0, 0.1) is 0 Å². The third-order valence-corrected chi connectivity index (χ3v) is 3.28. The number of fused-ring (bicyclic) bond motifs is 1. The van der Waals surface area contributed by atoms with Gasteiger partial charge in [-0.2, -0.15) is 0 Å². The van der Waals surface area contributed by atoms with Crippen molar-refractivity contribution in [2.24, 2.45) is 5.73 Å². The fourth-order valence-electron chi connectivity index (χ4n) is 2.20. The van der Waals surface area contributed by atoms with E-state index in [1.54, 1.807) is 6.08 Å². The van der Waals surface area contributed by atoms with Crippen LogP contribution in [0.2, 0.25) is 0 Å². The monoisotopic (exact) mass is 265 g/mol. The second-order valence-electron chi connectivity index (χ2n) is 4.24. The number of carbonyl (C=O) groups excluding carboxylic acids is 1. The molecule has 4 heteroatoms. The first-order valence-electron chi connectivity index (χ1n) is 6.03. The summed E-state index contributed by atoms with van der Waals surface area (Å²) >= 11 is 5.73. The van der Waals surface area contributed by atoms with Crippen molar-refractivity contribution in [2.75, 3.05) is 12.5 Å². The Morgan fingerprint density at radius 2 is 2.33 bits per heavy atom. The molecule has 2 rings (SSSR count). The lowest BCUT2D eigenvalue weighted by atomic mass is 9.96. The minimum absolute atomic E-state index is 0.435. The molecule has 3 nitrogen and oxygen atoms in total. The Morgan fingerprint density at radius 1 is 1.50 bits per heavy atom. The molecule has 96 valence electrons. The van der Waals surface area contributed by atoms with Gasteiger partial charge in [0.25, 0.3) is 0 Å². The summed E-state index contributed by atoms with van der Waals surface area (Å²) in [7, 11) is 0. The number of primary amides is 1. The van der Waals surface area contributed by atoms with E-state index < -0.39 is 5.91 Å². The number of aryl methyl sites for hydroxylation is 1. The highest BCUT2D eigenvalue weighted by molar-refractivity contribution is 6.17. The summed E-state index contributed by atoms with van der Waals surface area (Å²) in [5.41, 5.74) is 8.58. The molecule has 0 fully saturated rings. The van der Waals surface area contributed by atoms with E-state index in [1.807, 2.05) is 12.1 Å². The maximum Gasteiger partial charge on any atom is 0.241 e. The van der Waals surface area contributed by atoms with Gasteiger partial charge in [-0.25, -0.2) is 0 Å². The molecule has 0 aliphatic carbocycles. The molecule has 0 atom stereocenters. The number of halogens is 1. The predicted molar refractivity (Wildman–Crippen MR) is 72.9 cm³/mol. The topological polar surface area (TPSA) is 52.3 Å². The molecule has 1 aliphatic rings. The first-order chi connectivity index (χ1) is 8.72. The Hall–Kier alpha value is -1.48. The number of amides is 1. The van der Waals surface area contributed by atoms with E-state index in [4.69, 9.17) is 22.1 Å². The van der Waals surface area contributed by atoms with Crippen LogP contribution in [0.3, 0.4) is 0 Å². The maximum absolute atomic E-state index is 10.9. The minimum Gasteiger partial charge on any atom is -0.493 e. The molecular weight excluding hydrogens is 250 g/mol. The molecule has 1 amide bonds. The van der Waals surface area contributed by atoms with Gasteiger partial charge in [0.05, 0.1) is 6.61 Å². The van der Waals surface area contributed by atoms with Gasteiger partial charge in [-0.1, -0.05) is 6.07 Å². The SMILES string of the molecule is NC(=O)/C=C/c1c(CCCCl)ccc2c1CCO2. The van der Waals surface area contributed by atoms with E-state index in [1.165, 1.54) is 17.2 Å².